The number of rotatable bonds is 7. The van der Waals surface area contributed by atoms with E-state index >= 15 is 0 Å². The number of hydrogen-bond donors (Lipinski definition) is 1. The molecule has 0 aliphatic carbocycles. The number of alkyl halides is 1. The molecule has 0 bridgehead atoms. The van der Waals surface area contributed by atoms with Crippen LogP contribution in [0.25, 0.3) is 0 Å². The fourth-order valence-electron chi connectivity index (χ4n) is 1.44. The van der Waals surface area contributed by atoms with Crippen molar-refractivity contribution in [1.82, 2.24) is 5.32 Å². The molecule has 5 nitrogen and oxygen atoms in total. The van der Waals surface area contributed by atoms with Gasteiger partial charge in [-0.2, -0.15) is 0 Å². The molecular formula is C14H18ClNO4. The predicted molar refractivity (Wildman–Crippen MR) is 76.2 cm³/mol. The zero-order chi connectivity index (χ0) is 15.0. The Kier molecular flexibility index (Phi) is 6.87. The average Bonchev–Trinajstić information content (AvgIpc) is 2.49. The van der Waals surface area contributed by atoms with Gasteiger partial charge >= 0.3 is 5.97 Å². The van der Waals surface area contributed by atoms with Crippen molar-refractivity contribution in [2.45, 2.75) is 18.7 Å². The zero-order valence-electron chi connectivity index (χ0n) is 11.5. The molecule has 0 saturated heterocycles. The van der Waals surface area contributed by atoms with Crippen molar-refractivity contribution in [2.24, 2.45) is 0 Å². The van der Waals surface area contributed by atoms with Crippen molar-refractivity contribution in [3.05, 3.63) is 29.8 Å². The van der Waals surface area contributed by atoms with Crippen molar-refractivity contribution in [2.75, 3.05) is 20.3 Å². The van der Waals surface area contributed by atoms with Crippen LogP contribution in [0.1, 0.15) is 23.7 Å². The predicted octanol–water partition coefficient (Wildman–Crippen LogP) is 1.99. The lowest BCUT2D eigenvalue weighted by Gasteiger charge is -2.10. The molecule has 1 aromatic carbocycles. The van der Waals surface area contributed by atoms with Crippen LogP contribution in [0.2, 0.25) is 0 Å². The van der Waals surface area contributed by atoms with Crippen LogP contribution in [-0.4, -0.2) is 37.5 Å². The Morgan fingerprint density at radius 3 is 2.80 bits per heavy atom. The molecule has 0 aliphatic heterocycles. The van der Waals surface area contributed by atoms with Crippen molar-refractivity contribution in [3.8, 4) is 5.75 Å². The van der Waals surface area contributed by atoms with Gasteiger partial charge in [0.25, 0.3) is 5.91 Å². The third-order valence-electron chi connectivity index (χ3n) is 2.47. The van der Waals surface area contributed by atoms with Gasteiger partial charge in [-0.1, -0.05) is 13.0 Å². The molecule has 0 aromatic heterocycles. The highest BCUT2D eigenvalue weighted by Gasteiger charge is 2.17. The lowest BCUT2D eigenvalue weighted by atomic mass is 10.2. The largest absolute Gasteiger partial charge is 0.494 e. The molecule has 1 rings (SSSR count). The molecule has 1 amide bonds. The van der Waals surface area contributed by atoms with Crippen LogP contribution in [0.3, 0.4) is 0 Å². The molecule has 20 heavy (non-hydrogen) atoms. The van der Waals surface area contributed by atoms with Crippen LogP contribution in [-0.2, 0) is 9.53 Å². The Morgan fingerprint density at radius 2 is 2.15 bits per heavy atom. The van der Waals surface area contributed by atoms with Crippen LogP contribution < -0.4 is 10.1 Å². The summed E-state index contributed by atoms with van der Waals surface area (Å²) in [6, 6.07) is 6.82. The fourth-order valence-corrected chi connectivity index (χ4v) is 1.61. The molecule has 0 saturated carbocycles. The van der Waals surface area contributed by atoms with Crippen molar-refractivity contribution >= 4 is 23.5 Å². The quantitative estimate of drug-likeness (QED) is 0.618. The van der Waals surface area contributed by atoms with Crippen molar-refractivity contribution in [1.29, 1.82) is 0 Å². The summed E-state index contributed by atoms with van der Waals surface area (Å²) < 4.78 is 9.92. The summed E-state index contributed by atoms with van der Waals surface area (Å²) >= 11 is 5.75. The van der Waals surface area contributed by atoms with Gasteiger partial charge in [-0.05, 0) is 24.6 Å². The number of carbonyl (C=O) groups is 2. The number of methoxy groups -OCH3 is 1. The van der Waals surface area contributed by atoms with Gasteiger partial charge in [0.2, 0.25) is 0 Å². The minimum absolute atomic E-state index is 0.00705. The van der Waals surface area contributed by atoms with Crippen molar-refractivity contribution < 1.29 is 19.1 Å². The maximum absolute atomic E-state index is 11.9. The topological polar surface area (TPSA) is 64.6 Å². The number of amides is 1. The Morgan fingerprint density at radius 1 is 1.40 bits per heavy atom. The number of benzene rings is 1. The fraction of sp³-hybridized carbons (Fsp3) is 0.429. The van der Waals surface area contributed by atoms with E-state index in [1.54, 1.807) is 24.3 Å². The summed E-state index contributed by atoms with van der Waals surface area (Å²) in [5, 5.41) is 1.67. The van der Waals surface area contributed by atoms with Crippen LogP contribution in [0.5, 0.6) is 5.75 Å². The van der Waals surface area contributed by atoms with E-state index < -0.39 is 11.3 Å². The van der Waals surface area contributed by atoms with Gasteiger partial charge in [-0.15, -0.1) is 11.6 Å². The standard InChI is InChI=1S/C14H18ClNO4/c1-3-7-20-11-6-4-5-10(8-11)13(17)16-9-12(15)14(18)19-2/h4-6,8,12H,3,7,9H2,1-2H3,(H,16,17). The van der Waals surface area contributed by atoms with E-state index in [1.165, 1.54) is 7.11 Å². The molecule has 0 heterocycles. The summed E-state index contributed by atoms with van der Waals surface area (Å²) in [7, 11) is 1.24. The highest BCUT2D eigenvalue weighted by molar-refractivity contribution is 6.30. The van der Waals surface area contributed by atoms with Gasteiger partial charge < -0.3 is 14.8 Å². The van der Waals surface area contributed by atoms with Gasteiger partial charge in [-0.3, -0.25) is 9.59 Å². The first-order chi connectivity index (χ1) is 9.58. The SMILES string of the molecule is CCCOc1cccc(C(=O)NCC(Cl)C(=O)OC)c1. The van der Waals surface area contributed by atoms with Crippen LogP contribution >= 0.6 is 11.6 Å². The van der Waals surface area contributed by atoms with E-state index in [1.807, 2.05) is 6.92 Å². The number of carbonyl (C=O) groups excluding carboxylic acids is 2. The number of hydrogen-bond acceptors (Lipinski definition) is 4. The molecule has 6 heteroatoms. The third-order valence-corrected chi connectivity index (χ3v) is 2.80. The van der Waals surface area contributed by atoms with Crippen LogP contribution in [0.4, 0.5) is 0 Å². The first-order valence-electron chi connectivity index (χ1n) is 6.31. The molecular weight excluding hydrogens is 282 g/mol. The van der Waals surface area contributed by atoms with E-state index in [0.717, 1.165) is 6.42 Å². The van der Waals surface area contributed by atoms with Gasteiger partial charge in [0.1, 0.15) is 11.1 Å². The van der Waals surface area contributed by atoms with Gasteiger partial charge in [0.15, 0.2) is 0 Å². The van der Waals surface area contributed by atoms with Crippen molar-refractivity contribution in [3.63, 3.8) is 0 Å². The summed E-state index contributed by atoms with van der Waals surface area (Å²) in [6.45, 7) is 2.61. The third kappa shape index (κ3) is 5.09. The Hall–Kier alpha value is -1.75. The maximum Gasteiger partial charge on any atom is 0.325 e. The smallest absolute Gasteiger partial charge is 0.325 e. The molecule has 0 aliphatic rings. The average molecular weight is 300 g/mol. The van der Waals surface area contributed by atoms with Gasteiger partial charge in [0, 0.05) is 12.1 Å². The lowest BCUT2D eigenvalue weighted by Crippen LogP contribution is -2.34. The highest BCUT2D eigenvalue weighted by atomic mass is 35.5. The van der Waals surface area contributed by atoms with Gasteiger partial charge in [-0.25, -0.2) is 0 Å². The number of nitrogens with one attached hydrogen (secondary N) is 1. The molecule has 0 fully saturated rings. The first-order valence-corrected chi connectivity index (χ1v) is 6.75. The Balaban J connectivity index is 2.56. The Labute approximate surface area is 123 Å². The first kappa shape index (κ1) is 16.3. The summed E-state index contributed by atoms with van der Waals surface area (Å²) in [4.78, 5) is 23.0. The molecule has 1 atom stereocenters. The summed E-state index contributed by atoms with van der Waals surface area (Å²) in [6.07, 6.45) is 0.892. The number of halogens is 1. The number of esters is 1. The molecule has 0 radical (unpaired) electrons. The van der Waals surface area contributed by atoms with Crippen LogP contribution in [0.15, 0.2) is 24.3 Å². The second-order valence-corrected chi connectivity index (χ2v) is 4.60. The minimum atomic E-state index is -0.900. The van der Waals surface area contributed by atoms with E-state index in [9.17, 15) is 9.59 Å². The maximum atomic E-state index is 11.9. The molecule has 110 valence electrons. The second kappa shape index (κ2) is 8.43. The van der Waals surface area contributed by atoms with Crippen LogP contribution in [0, 0.1) is 0 Å². The van der Waals surface area contributed by atoms with E-state index in [-0.39, 0.29) is 12.5 Å². The normalized spacial score (nSPS) is 11.6. The number of ether oxygens (including phenoxy) is 2. The minimum Gasteiger partial charge on any atom is -0.494 e. The molecule has 1 aromatic rings. The monoisotopic (exact) mass is 299 g/mol. The Bertz CT molecular complexity index is 464. The van der Waals surface area contributed by atoms with Gasteiger partial charge in [0.05, 0.1) is 13.7 Å². The van der Waals surface area contributed by atoms with E-state index in [2.05, 4.69) is 10.1 Å². The second-order valence-electron chi connectivity index (χ2n) is 4.08. The summed E-state index contributed by atoms with van der Waals surface area (Å²) in [5.74, 6) is -0.261. The van der Waals surface area contributed by atoms with E-state index in [0.29, 0.717) is 17.9 Å². The van der Waals surface area contributed by atoms with E-state index in [4.69, 9.17) is 16.3 Å². The highest BCUT2D eigenvalue weighted by Crippen LogP contribution is 2.13. The molecule has 1 N–H and O–H groups in total. The molecule has 0 spiro atoms. The zero-order valence-corrected chi connectivity index (χ0v) is 12.3. The lowest BCUT2D eigenvalue weighted by molar-refractivity contribution is -0.140. The summed E-state index contributed by atoms with van der Waals surface area (Å²) in [5.41, 5.74) is 0.451. The molecule has 1 unspecified atom stereocenters.